The summed E-state index contributed by atoms with van der Waals surface area (Å²) in [6.07, 6.45) is 3.53. The van der Waals surface area contributed by atoms with Gasteiger partial charge in [0.05, 0.1) is 17.0 Å². The monoisotopic (exact) mass is 411 g/mol. The Morgan fingerprint density at radius 3 is 2.48 bits per heavy atom. The molecule has 1 saturated heterocycles. The maximum atomic E-state index is 12.5. The van der Waals surface area contributed by atoms with Crippen LogP contribution in [0.15, 0.2) is 0 Å². The third-order valence-electron chi connectivity index (χ3n) is 5.04. The highest BCUT2D eigenvalue weighted by molar-refractivity contribution is 14.1. The molecule has 2 rings (SSSR count). The number of carbonyl (C=O) groups is 1. The maximum absolute atomic E-state index is 12.5. The maximum Gasteiger partial charge on any atom is 0.190 e. The van der Waals surface area contributed by atoms with Crippen LogP contribution in [0.25, 0.3) is 0 Å². The van der Waals surface area contributed by atoms with Crippen LogP contribution in [0.4, 0.5) is 0 Å². The molecule has 1 saturated carbocycles. The van der Waals surface area contributed by atoms with Crippen molar-refractivity contribution < 1.29 is 20.1 Å². The fourth-order valence-electron chi connectivity index (χ4n) is 4.14. The number of alkyl halides is 1. The van der Waals surface area contributed by atoms with Gasteiger partial charge in [0.2, 0.25) is 0 Å². The highest BCUT2D eigenvalue weighted by Gasteiger charge is 2.38. The van der Waals surface area contributed by atoms with Crippen LogP contribution in [0.3, 0.4) is 0 Å². The summed E-state index contributed by atoms with van der Waals surface area (Å²) in [6.45, 7) is 7.29. The Bertz CT molecular complexity index is 357. The molecular formula is C15H28IN2O3+. The van der Waals surface area contributed by atoms with Gasteiger partial charge >= 0.3 is 0 Å². The second-order valence-corrected chi connectivity index (χ2v) is 8.82. The summed E-state index contributed by atoms with van der Waals surface area (Å²) in [7, 11) is 0. The van der Waals surface area contributed by atoms with Crippen LogP contribution in [-0.2, 0) is 4.79 Å². The smallest absolute Gasteiger partial charge is 0.190 e. The van der Waals surface area contributed by atoms with Crippen LogP contribution < -0.4 is 10.1 Å². The number of carbonyl (C=O) groups excluding carboxylic acids is 1. The molecule has 0 spiro atoms. The Kier molecular flexibility index (Phi) is 6.43. The molecule has 2 aliphatic rings. The van der Waals surface area contributed by atoms with E-state index in [2.05, 4.69) is 36.4 Å². The minimum atomic E-state index is -0.737. The molecule has 0 radical (unpaired) electrons. The molecule has 0 aromatic carbocycles. The van der Waals surface area contributed by atoms with Crippen LogP contribution in [0, 0.1) is 23.0 Å². The lowest BCUT2D eigenvalue weighted by molar-refractivity contribution is -1.07. The third kappa shape index (κ3) is 4.86. The number of likely N-dealkylation sites (tertiary alicyclic amines) is 1. The van der Waals surface area contributed by atoms with Gasteiger partial charge in [-0.1, -0.05) is 36.4 Å². The Morgan fingerprint density at radius 1 is 1.29 bits per heavy atom. The van der Waals surface area contributed by atoms with Crippen LogP contribution in [0.5, 0.6) is 0 Å². The molecule has 1 heterocycles. The van der Waals surface area contributed by atoms with Crippen molar-refractivity contribution in [3.63, 3.8) is 0 Å². The average Bonchev–Trinajstić information content (AvgIpc) is 2.37. The Labute approximate surface area is 140 Å². The fourth-order valence-corrected chi connectivity index (χ4v) is 5.10. The predicted octanol–water partition coefficient (Wildman–Crippen LogP) is -0.139. The number of hydrogen-bond acceptors (Lipinski definition) is 3. The zero-order valence-corrected chi connectivity index (χ0v) is 15.1. The number of rotatable bonds is 4. The predicted molar refractivity (Wildman–Crippen MR) is 88.6 cm³/mol. The summed E-state index contributed by atoms with van der Waals surface area (Å²) in [5.74, 6) is 1.64. The largest absolute Gasteiger partial charge is 0.600 e. The van der Waals surface area contributed by atoms with Gasteiger partial charge < -0.3 is 10.1 Å². The van der Waals surface area contributed by atoms with Crippen molar-refractivity contribution in [3.05, 3.63) is 5.21 Å². The Balaban J connectivity index is 1.88. The first kappa shape index (κ1) is 17.6. The number of halogens is 1. The minimum absolute atomic E-state index is 0.0304. The fraction of sp³-hybridized carbons (Fsp3) is 0.933. The van der Waals surface area contributed by atoms with Gasteiger partial charge in [0, 0.05) is 24.2 Å². The number of piperidine rings is 1. The lowest BCUT2D eigenvalue weighted by atomic mass is 9.82. The van der Waals surface area contributed by atoms with Crippen molar-refractivity contribution in [1.82, 2.24) is 0 Å². The molecule has 6 atom stereocenters. The topological polar surface area (TPSA) is 69.2 Å². The summed E-state index contributed by atoms with van der Waals surface area (Å²) in [4.78, 5) is 13.9. The summed E-state index contributed by atoms with van der Waals surface area (Å²) in [6, 6.07) is -0.345. The first-order valence-electron chi connectivity index (χ1n) is 8.10. The number of nitrogens with one attached hydrogen (secondary N) is 2. The summed E-state index contributed by atoms with van der Waals surface area (Å²) in [5, 5.41) is 19.8. The molecule has 0 amide bonds. The van der Waals surface area contributed by atoms with Gasteiger partial charge in [-0.05, 0) is 19.3 Å². The molecule has 5 nitrogen and oxygen atoms in total. The SMILES string of the molecule is CC1CC(C)C[NH+](CC(=O)C2CCC(I)C([NH+]([O-])O)C2)C1. The number of hydrogen-bond donors (Lipinski definition) is 3. The van der Waals surface area contributed by atoms with E-state index in [0.717, 1.165) is 25.9 Å². The molecule has 1 aliphatic carbocycles. The van der Waals surface area contributed by atoms with Crippen molar-refractivity contribution in [2.24, 2.45) is 17.8 Å². The quantitative estimate of drug-likeness (QED) is 0.343. The number of hydroxylamine groups is 2. The van der Waals surface area contributed by atoms with Gasteiger partial charge in [-0.15, -0.1) is 0 Å². The molecule has 0 aromatic rings. The molecule has 21 heavy (non-hydrogen) atoms. The van der Waals surface area contributed by atoms with Crippen LogP contribution >= 0.6 is 22.6 Å². The second kappa shape index (κ2) is 7.68. The van der Waals surface area contributed by atoms with Gasteiger partial charge in [0.25, 0.3) is 0 Å². The van der Waals surface area contributed by atoms with Crippen LogP contribution in [0.2, 0.25) is 0 Å². The van der Waals surface area contributed by atoms with Crippen molar-refractivity contribution in [1.29, 1.82) is 0 Å². The second-order valence-electron chi connectivity index (χ2n) is 7.22. The van der Waals surface area contributed by atoms with E-state index in [1.165, 1.54) is 11.3 Å². The molecule has 6 heteroatoms. The van der Waals surface area contributed by atoms with E-state index in [-0.39, 0.29) is 15.9 Å². The first-order valence-corrected chi connectivity index (χ1v) is 9.34. The zero-order chi connectivity index (χ0) is 15.6. The highest BCUT2D eigenvalue weighted by Crippen LogP contribution is 2.28. The molecule has 0 bridgehead atoms. The first-order chi connectivity index (χ1) is 9.86. The van der Waals surface area contributed by atoms with Crippen molar-refractivity contribution in [2.45, 2.75) is 49.5 Å². The normalized spacial score (nSPS) is 42.5. The molecule has 0 aromatic heterocycles. The highest BCUT2D eigenvalue weighted by atomic mass is 127. The minimum Gasteiger partial charge on any atom is -0.600 e. The van der Waals surface area contributed by atoms with E-state index < -0.39 is 5.23 Å². The summed E-state index contributed by atoms with van der Waals surface area (Å²) in [5.41, 5.74) is 0. The van der Waals surface area contributed by atoms with Crippen molar-refractivity contribution in [2.75, 3.05) is 19.6 Å². The lowest BCUT2D eigenvalue weighted by Gasteiger charge is -2.36. The average molecular weight is 411 g/mol. The van der Waals surface area contributed by atoms with Gasteiger partial charge in [-0.25, -0.2) is 10.4 Å². The van der Waals surface area contributed by atoms with Crippen molar-refractivity contribution >= 4 is 28.4 Å². The number of ketones is 1. The van der Waals surface area contributed by atoms with Crippen LogP contribution in [0.1, 0.15) is 39.5 Å². The molecule has 6 unspecified atom stereocenters. The third-order valence-corrected chi connectivity index (χ3v) is 6.53. The number of quaternary nitrogens is 2. The molecule has 1 aliphatic heterocycles. The molecule has 2 fully saturated rings. The van der Waals surface area contributed by atoms with Gasteiger partial charge in [-0.2, -0.15) is 0 Å². The van der Waals surface area contributed by atoms with E-state index in [0.29, 0.717) is 30.6 Å². The van der Waals surface area contributed by atoms with E-state index >= 15 is 0 Å². The summed E-state index contributed by atoms with van der Waals surface area (Å²) >= 11 is 2.23. The zero-order valence-electron chi connectivity index (χ0n) is 13.0. The van der Waals surface area contributed by atoms with Gasteiger partial charge in [0.1, 0.15) is 12.6 Å². The Morgan fingerprint density at radius 2 is 1.90 bits per heavy atom. The van der Waals surface area contributed by atoms with Crippen molar-refractivity contribution in [3.8, 4) is 0 Å². The molecular weight excluding hydrogens is 383 g/mol. The Hall–Kier alpha value is 0.240. The number of Topliss-reactive ketones (excluding diaryl/α,β-unsaturated/α-hetero) is 1. The van der Waals surface area contributed by atoms with E-state index in [4.69, 9.17) is 0 Å². The van der Waals surface area contributed by atoms with Gasteiger partial charge in [0.15, 0.2) is 5.78 Å². The standard InChI is InChI=1S/C15H27IN2O3/c1-10-5-11(2)8-17(7-10)9-15(19)12-3-4-13(16)14(6-12)18(20)21/h10-14,18,20H,3-9H2,1-2H3/p+1. The van der Waals surface area contributed by atoms with E-state index in [1.54, 1.807) is 0 Å². The van der Waals surface area contributed by atoms with E-state index in [1.807, 2.05) is 0 Å². The van der Waals surface area contributed by atoms with Gasteiger partial charge in [-0.3, -0.25) is 4.79 Å². The molecule has 3 N–H and O–H groups in total. The summed E-state index contributed by atoms with van der Waals surface area (Å²) < 4.78 is 0.173. The van der Waals surface area contributed by atoms with E-state index in [9.17, 15) is 15.2 Å². The molecule has 122 valence electrons. The van der Waals surface area contributed by atoms with Crippen LogP contribution in [-0.4, -0.2) is 40.6 Å². The lowest BCUT2D eigenvalue weighted by Crippen LogP contribution is -3.15.